The van der Waals surface area contributed by atoms with E-state index in [0.29, 0.717) is 12.0 Å². The second kappa shape index (κ2) is 12.5. The number of anilines is 1. The molecule has 0 atom stereocenters. The molecule has 0 saturated heterocycles. The molecular weight excluding hydrogens is 460 g/mol. The predicted molar refractivity (Wildman–Crippen MR) is 146 cm³/mol. The van der Waals surface area contributed by atoms with Gasteiger partial charge in [0.1, 0.15) is 0 Å². The molecule has 2 amide bonds. The molecule has 0 aliphatic heterocycles. The minimum atomic E-state index is -3.86. The number of hydrogen-bond acceptors (Lipinski definition) is 4. The molecule has 35 heavy (non-hydrogen) atoms. The summed E-state index contributed by atoms with van der Waals surface area (Å²) in [6.07, 6.45) is 10.2. The van der Waals surface area contributed by atoms with Gasteiger partial charge in [-0.2, -0.15) is 13.1 Å². The average Bonchev–Trinajstić information content (AvgIpc) is 3.37. The van der Waals surface area contributed by atoms with Gasteiger partial charge in [0.15, 0.2) is 0 Å². The largest absolute Gasteiger partial charge is 0.333 e. The van der Waals surface area contributed by atoms with Crippen molar-refractivity contribution in [3.05, 3.63) is 28.3 Å². The van der Waals surface area contributed by atoms with Crippen molar-refractivity contribution in [2.75, 3.05) is 18.4 Å². The first kappa shape index (κ1) is 29.6. The van der Waals surface area contributed by atoms with Crippen molar-refractivity contribution in [3.63, 3.8) is 0 Å². The van der Waals surface area contributed by atoms with Gasteiger partial charge in [0.2, 0.25) is 0 Å². The minimum Gasteiger partial charge on any atom is -0.330 e. The van der Waals surface area contributed by atoms with Crippen molar-refractivity contribution in [1.29, 1.82) is 0 Å². The van der Waals surface area contributed by atoms with Crippen molar-refractivity contribution >= 4 is 21.9 Å². The molecule has 2 aliphatic carbocycles. The van der Waals surface area contributed by atoms with Crippen molar-refractivity contribution in [2.24, 2.45) is 16.6 Å². The summed E-state index contributed by atoms with van der Waals surface area (Å²) in [4.78, 5) is 12.4. The Balaban J connectivity index is 0.000000466. The summed E-state index contributed by atoms with van der Waals surface area (Å²) in [6, 6.07) is 1.59. The van der Waals surface area contributed by atoms with Gasteiger partial charge < -0.3 is 11.1 Å². The molecule has 0 radical (unpaired) electrons. The van der Waals surface area contributed by atoms with Crippen molar-refractivity contribution in [3.8, 4) is 0 Å². The molecule has 0 heterocycles. The lowest BCUT2D eigenvalue weighted by atomic mass is 9.91. The Labute approximate surface area is 213 Å². The van der Waals surface area contributed by atoms with Gasteiger partial charge in [-0.15, -0.1) is 0 Å². The number of urea groups is 1. The fourth-order valence-electron chi connectivity index (χ4n) is 4.72. The summed E-state index contributed by atoms with van der Waals surface area (Å²) in [5.41, 5.74) is 11.8. The summed E-state index contributed by atoms with van der Waals surface area (Å²) >= 11 is 0. The molecule has 0 aromatic heterocycles. The normalized spacial score (nSPS) is 15.2. The molecule has 0 bridgehead atoms. The predicted octanol–water partition coefficient (Wildman–Crippen LogP) is 5.22. The zero-order chi connectivity index (χ0) is 26.3. The standard InChI is InChI=1S/C20H31N3O3S.C7H17N/c1-20(2,3)11-6-12-21-27(25,26)23-19(24)22-18-16-9-4-7-14(16)13-15-8-5-10-17(15)18;1-7(2,3)5-4-6-8/h13,21H,4-12H2,1-3H3,(H2,22,23,24);4-6,8H2,1-3H3. The summed E-state index contributed by atoms with van der Waals surface area (Å²) in [5, 5.41) is 2.84. The molecule has 0 spiro atoms. The van der Waals surface area contributed by atoms with Crippen LogP contribution >= 0.6 is 0 Å². The van der Waals surface area contributed by atoms with Gasteiger partial charge in [-0.25, -0.2) is 9.52 Å². The van der Waals surface area contributed by atoms with Gasteiger partial charge in [-0.05, 0) is 104 Å². The summed E-state index contributed by atoms with van der Waals surface area (Å²) in [7, 11) is -3.86. The molecule has 1 aromatic rings. The molecule has 5 N–H and O–H groups in total. The zero-order valence-corrected chi connectivity index (χ0v) is 23.6. The van der Waals surface area contributed by atoms with Crippen LogP contribution in [0.1, 0.15) is 102 Å². The van der Waals surface area contributed by atoms with E-state index in [-0.39, 0.29) is 5.41 Å². The monoisotopic (exact) mass is 508 g/mol. The number of hydrogen-bond donors (Lipinski definition) is 4. The Kier molecular flexibility index (Phi) is 10.6. The highest BCUT2D eigenvalue weighted by atomic mass is 32.2. The number of carbonyl (C=O) groups is 1. The van der Waals surface area contributed by atoms with E-state index in [4.69, 9.17) is 5.73 Å². The first-order valence-electron chi connectivity index (χ1n) is 13.2. The van der Waals surface area contributed by atoms with Crippen molar-refractivity contribution < 1.29 is 13.2 Å². The quantitative estimate of drug-likeness (QED) is 0.361. The molecule has 1 aromatic carbocycles. The highest BCUT2D eigenvalue weighted by molar-refractivity contribution is 7.88. The third-order valence-corrected chi connectivity index (χ3v) is 7.50. The van der Waals surface area contributed by atoms with Gasteiger partial charge >= 0.3 is 16.2 Å². The Hall–Kier alpha value is -1.64. The Morgan fingerprint density at radius 3 is 1.86 bits per heavy atom. The maximum Gasteiger partial charge on any atom is 0.333 e. The minimum absolute atomic E-state index is 0.157. The van der Waals surface area contributed by atoms with E-state index >= 15 is 0 Å². The maximum atomic E-state index is 12.4. The van der Waals surface area contributed by atoms with Crippen LogP contribution in [0.4, 0.5) is 10.5 Å². The van der Waals surface area contributed by atoms with Crippen LogP contribution in [-0.4, -0.2) is 27.5 Å². The Bertz CT molecular complexity index is 928. The second-order valence-corrected chi connectivity index (χ2v) is 13.8. The fraction of sp³-hybridized carbons (Fsp3) is 0.741. The van der Waals surface area contributed by atoms with E-state index in [2.05, 4.69) is 62.4 Å². The molecule has 0 saturated carbocycles. The van der Waals surface area contributed by atoms with E-state index in [1.54, 1.807) is 0 Å². The van der Waals surface area contributed by atoms with Crippen LogP contribution < -0.4 is 20.5 Å². The lowest BCUT2D eigenvalue weighted by Crippen LogP contribution is -2.43. The van der Waals surface area contributed by atoms with Crippen LogP contribution in [-0.2, 0) is 35.9 Å². The van der Waals surface area contributed by atoms with Crippen LogP contribution in [0, 0.1) is 10.8 Å². The van der Waals surface area contributed by atoms with Gasteiger partial charge in [0, 0.05) is 12.2 Å². The third kappa shape index (κ3) is 10.5. The lowest BCUT2D eigenvalue weighted by Gasteiger charge is -2.18. The van der Waals surface area contributed by atoms with Crippen LogP contribution in [0.25, 0.3) is 0 Å². The van der Waals surface area contributed by atoms with Crippen LogP contribution in [0.15, 0.2) is 6.07 Å². The molecule has 7 nitrogen and oxygen atoms in total. The van der Waals surface area contributed by atoms with Gasteiger partial charge in [0.25, 0.3) is 0 Å². The lowest BCUT2D eigenvalue weighted by molar-refractivity contribution is 0.256. The number of aryl methyl sites for hydroxylation is 2. The highest BCUT2D eigenvalue weighted by Gasteiger charge is 2.26. The number of nitrogens with two attached hydrogens (primary N) is 1. The number of nitrogens with one attached hydrogen (secondary N) is 3. The van der Waals surface area contributed by atoms with E-state index in [0.717, 1.165) is 70.0 Å². The van der Waals surface area contributed by atoms with E-state index in [1.807, 2.05) is 0 Å². The molecule has 2 aliphatic rings. The molecule has 0 fully saturated rings. The topological polar surface area (TPSA) is 113 Å². The van der Waals surface area contributed by atoms with Gasteiger partial charge in [-0.1, -0.05) is 47.6 Å². The van der Waals surface area contributed by atoms with Crippen LogP contribution in [0.3, 0.4) is 0 Å². The molecular formula is C27H48N4O3S. The first-order valence-corrected chi connectivity index (χ1v) is 14.6. The maximum absolute atomic E-state index is 12.4. The number of amides is 2. The van der Waals surface area contributed by atoms with Gasteiger partial charge in [-0.3, -0.25) is 0 Å². The number of rotatable bonds is 8. The summed E-state index contributed by atoms with van der Waals surface area (Å²) < 4.78 is 28.8. The van der Waals surface area contributed by atoms with E-state index < -0.39 is 16.2 Å². The Morgan fingerprint density at radius 2 is 1.40 bits per heavy atom. The summed E-state index contributed by atoms with van der Waals surface area (Å²) in [5.74, 6) is 0. The smallest absolute Gasteiger partial charge is 0.330 e. The SMILES string of the molecule is CC(C)(C)CCCN.CC(C)(C)CCCNS(=O)(=O)NC(=O)Nc1c2c(cc3c1CCC3)CCC2. The third-order valence-electron chi connectivity index (χ3n) is 6.47. The van der Waals surface area contributed by atoms with Gasteiger partial charge in [0.05, 0.1) is 0 Å². The Morgan fingerprint density at radius 1 is 0.886 bits per heavy atom. The first-order chi connectivity index (χ1) is 16.2. The van der Waals surface area contributed by atoms with Crippen LogP contribution in [0.2, 0.25) is 0 Å². The molecule has 3 rings (SSSR count). The van der Waals surface area contributed by atoms with E-state index in [1.165, 1.54) is 28.7 Å². The number of fused-ring (bicyclic) bond motifs is 2. The van der Waals surface area contributed by atoms with Crippen molar-refractivity contribution in [1.82, 2.24) is 9.44 Å². The highest BCUT2D eigenvalue weighted by Crippen LogP contribution is 2.38. The van der Waals surface area contributed by atoms with E-state index in [9.17, 15) is 13.2 Å². The fourth-order valence-corrected chi connectivity index (χ4v) is 5.50. The molecule has 8 heteroatoms. The summed E-state index contributed by atoms with van der Waals surface area (Å²) in [6.45, 7) is 14.2. The van der Waals surface area contributed by atoms with Crippen molar-refractivity contribution in [2.45, 2.75) is 106 Å². The number of carbonyl (C=O) groups excluding carboxylic acids is 1. The average molecular weight is 509 g/mol. The molecule has 200 valence electrons. The second-order valence-electron chi connectivity index (χ2n) is 12.3. The van der Waals surface area contributed by atoms with Crippen LogP contribution in [0.5, 0.6) is 0 Å². The number of benzene rings is 1. The zero-order valence-electron chi connectivity index (χ0n) is 22.8. The molecule has 0 unspecified atom stereocenters.